The summed E-state index contributed by atoms with van der Waals surface area (Å²) in [4.78, 5) is 0. The van der Waals surface area contributed by atoms with Gasteiger partial charge >= 0.3 is 0 Å². The molecule has 0 heterocycles. The summed E-state index contributed by atoms with van der Waals surface area (Å²) in [6, 6.07) is 13.9. The fraction of sp³-hybridized carbons (Fsp3) is 0.333. The van der Waals surface area contributed by atoms with E-state index in [0.29, 0.717) is 5.92 Å². The zero-order valence-electron chi connectivity index (χ0n) is 12.0. The van der Waals surface area contributed by atoms with Crippen molar-refractivity contribution in [1.82, 2.24) is 0 Å². The second-order valence-electron chi connectivity index (χ2n) is 5.83. The van der Waals surface area contributed by atoms with Gasteiger partial charge in [0.15, 0.2) is 0 Å². The molecular formula is C18H20FN. The molecule has 104 valence electrons. The Morgan fingerprint density at radius 2 is 1.75 bits per heavy atom. The summed E-state index contributed by atoms with van der Waals surface area (Å²) in [5.41, 5.74) is 4.55. The van der Waals surface area contributed by atoms with Gasteiger partial charge in [-0.15, -0.1) is 0 Å². The van der Waals surface area contributed by atoms with E-state index < -0.39 is 0 Å². The van der Waals surface area contributed by atoms with Crippen LogP contribution < -0.4 is 5.32 Å². The van der Waals surface area contributed by atoms with Crippen LogP contribution in [0.1, 0.15) is 35.6 Å². The number of nitrogens with one attached hydrogen (secondary N) is 1. The minimum Gasteiger partial charge on any atom is -0.378 e. The maximum Gasteiger partial charge on any atom is 0.125 e. The van der Waals surface area contributed by atoms with Gasteiger partial charge in [0, 0.05) is 5.69 Å². The van der Waals surface area contributed by atoms with Crippen molar-refractivity contribution in [2.75, 3.05) is 5.32 Å². The molecule has 3 rings (SSSR count). The van der Waals surface area contributed by atoms with Gasteiger partial charge in [-0.05, 0) is 55.9 Å². The minimum atomic E-state index is -0.184. The number of hydrogen-bond acceptors (Lipinski definition) is 1. The summed E-state index contributed by atoms with van der Waals surface area (Å²) in [5, 5.41) is 3.55. The van der Waals surface area contributed by atoms with Crippen molar-refractivity contribution < 1.29 is 4.39 Å². The molecule has 1 saturated carbocycles. The van der Waals surface area contributed by atoms with Gasteiger partial charge in [0.25, 0.3) is 0 Å². The van der Waals surface area contributed by atoms with E-state index >= 15 is 0 Å². The summed E-state index contributed by atoms with van der Waals surface area (Å²) < 4.78 is 13.4. The second-order valence-corrected chi connectivity index (χ2v) is 5.83. The van der Waals surface area contributed by atoms with Crippen molar-refractivity contribution in [3.05, 3.63) is 65.0 Å². The van der Waals surface area contributed by atoms with Crippen LogP contribution >= 0.6 is 0 Å². The van der Waals surface area contributed by atoms with E-state index in [0.717, 1.165) is 11.3 Å². The van der Waals surface area contributed by atoms with Crippen LogP contribution in [0.4, 0.5) is 10.1 Å². The zero-order valence-corrected chi connectivity index (χ0v) is 12.0. The molecule has 2 aromatic carbocycles. The van der Waals surface area contributed by atoms with Gasteiger partial charge in [-0.1, -0.05) is 35.9 Å². The topological polar surface area (TPSA) is 12.0 Å². The number of aryl methyl sites for hydroxylation is 2. The van der Waals surface area contributed by atoms with E-state index in [1.807, 2.05) is 13.0 Å². The number of hydrogen-bond donors (Lipinski definition) is 1. The van der Waals surface area contributed by atoms with Crippen LogP contribution in [0.15, 0.2) is 42.5 Å². The van der Waals surface area contributed by atoms with E-state index in [9.17, 15) is 4.39 Å². The third-order valence-electron chi connectivity index (χ3n) is 4.04. The van der Waals surface area contributed by atoms with Crippen molar-refractivity contribution in [2.24, 2.45) is 5.92 Å². The Bertz CT molecular complexity index is 599. The Morgan fingerprint density at radius 1 is 1.05 bits per heavy atom. The van der Waals surface area contributed by atoms with Crippen molar-refractivity contribution in [2.45, 2.75) is 32.7 Å². The molecule has 1 unspecified atom stereocenters. The average molecular weight is 269 g/mol. The molecule has 2 heteroatoms. The fourth-order valence-electron chi connectivity index (χ4n) is 2.59. The Balaban J connectivity index is 1.88. The summed E-state index contributed by atoms with van der Waals surface area (Å²) in [7, 11) is 0. The quantitative estimate of drug-likeness (QED) is 0.823. The van der Waals surface area contributed by atoms with Crippen molar-refractivity contribution in [1.29, 1.82) is 0 Å². The highest BCUT2D eigenvalue weighted by Gasteiger charge is 2.32. The van der Waals surface area contributed by atoms with E-state index in [1.165, 1.54) is 30.0 Å². The first-order valence-corrected chi connectivity index (χ1v) is 7.23. The minimum absolute atomic E-state index is 0.184. The van der Waals surface area contributed by atoms with E-state index in [4.69, 9.17) is 0 Å². The zero-order chi connectivity index (χ0) is 14.1. The lowest BCUT2D eigenvalue weighted by molar-refractivity contribution is 0.625. The Morgan fingerprint density at radius 3 is 2.40 bits per heavy atom. The molecule has 0 aromatic heterocycles. The number of anilines is 1. The highest BCUT2D eigenvalue weighted by atomic mass is 19.1. The molecule has 0 amide bonds. The monoisotopic (exact) mass is 269 g/mol. The van der Waals surface area contributed by atoms with Gasteiger partial charge < -0.3 is 5.32 Å². The van der Waals surface area contributed by atoms with Gasteiger partial charge in [0.1, 0.15) is 5.82 Å². The summed E-state index contributed by atoms with van der Waals surface area (Å²) >= 11 is 0. The Labute approximate surface area is 119 Å². The molecule has 1 fully saturated rings. The molecule has 0 radical (unpaired) electrons. The Hall–Kier alpha value is -1.83. The molecule has 1 atom stereocenters. The number of benzene rings is 2. The predicted octanol–water partition coefficient (Wildman–Crippen LogP) is 5.01. The fourth-order valence-corrected chi connectivity index (χ4v) is 2.59. The van der Waals surface area contributed by atoms with Gasteiger partial charge in [-0.3, -0.25) is 0 Å². The lowest BCUT2D eigenvalue weighted by atomic mass is 10.00. The summed E-state index contributed by atoms with van der Waals surface area (Å²) in [5.74, 6) is 0.483. The highest BCUT2D eigenvalue weighted by molar-refractivity contribution is 5.52. The van der Waals surface area contributed by atoms with Crippen LogP contribution in [0, 0.1) is 25.6 Å². The molecular weight excluding hydrogens is 249 g/mol. The normalized spacial score (nSPS) is 15.9. The van der Waals surface area contributed by atoms with Crippen LogP contribution in [0.5, 0.6) is 0 Å². The van der Waals surface area contributed by atoms with E-state index in [1.54, 1.807) is 6.07 Å². The highest BCUT2D eigenvalue weighted by Crippen LogP contribution is 2.43. The lowest BCUT2D eigenvalue weighted by Gasteiger charge is -2.21. The molecule has 1 nitrogen and oxygen atoms in total. The third-order valence-corrected chi connectivity index (χ3v) is 4.04. The van der Waals surface area contributed by atoms with Gasteiger partial charge in [-0.25, -0.2) is 4.39 Å². The number of halogens is 1. The van der Waals surface area contributed by atoms with Crippen LogP contribution in [0.3, 0.4) is 0 Å². The molecule has 1 aliphatic rings. The average Bonchev–Trinajstić information content (AvgIpc) is 3.25. The molecule has 0 bridgehead atoms. The predicted molar refractivity (Wildman–Crippen MR) is 81.4 cm³/mol. The van der Waals surface area contributed by atoms with Crippen molar-refractivity contribution >= 4 is 5.69 Å². The van der Waals surface area contributed by atoms with Gasteiger partial charge in [0.05, 0.1) is 6.04 Å². The standard InChI is InChI=1S/C18H20FN/c1-12-3-6-14(7-4-12)18(15-8-9-15)20-17-11-16(19)10-5-13(17)2/h3-7,10-11,15,18,20H,8-9H2,1-2H3. The smallest absolute Gasteiger partial charge is 0.125 e. The van der Waals surface area contributed by atoms with Crippen LogP contribution in [-0.2, 0) is 0 Å². The second kappa shape index (κ2) is 5.28. The maximum atomic E-state index is 13.4. The molecule has 1 aliphatic carbocycles. The first-order valence-electron chi connectivity index (χ1n) is 7.23. The largest absolute Gasteiger partial charge is 0.378 e. The Kier molecular flexibility index (Phi) is 3.47. The summed E-state index contributed by atoms with van der Waals surface area (Å²) in [6.07, 6.45) is 2.50. The first kappa shape index (κ1) is 13.2. The molecule has 20 heavy (non-hydrogen) atoms. The molecule has 1 N–H and O–H groups in total. The third kappa shape index (κ3) is 2.84. The number of rotatable bonds is 4. The van der Waals surface area contributed by atoms with Gasteiger partial charge in [0.2, 0.25) is 0 Å². The lowest BCUT2D eigenvalue weighted by Crippen LogP contribution is -2.13. The summed E-state index contributed by atoms with van der Waals surface area (Å²) in [6.45, 7) is 4.11. The molecule has 2 aromatic rings. The van der Waals surface area contributed by atoms with E-state index in [2.05, 4.69) is 36.5 Å². The van der Waals surface area contributed by atoms with Crippen molar-refractivity contribution in [3.63, 3.8) is 0 Å². The molecule has 0 spiro atoms. The molecule has 0 saturated heterocycles. The van der Waals surface area contributed by atoms with Gasteiger partial charge in [-0.2, -0.15) is 0 Å². The van der Waals surface area contributed by atoms with Crippen molar-refractivity contribution in [3.8, 4) is 0 Å². The maximum absolute atomic E-state index is 13.4. The molecule has 0 aliphatic heterocycles. The van der Waals surface area contributed by atoms with Crippen LogP contribution in [-0.4, -0.2) is 0 Å². The SMILES string of the molecule is Cc1ccc(C(Nc2cc(F)ccc2C)C2CC2)cc1. The van der Waals surface area contributed by atoms with Crippen LogP contribution in [0.25, 0.3) is 0 Å². The first-order chi connectivity index (χ1) is 9.63. The van der Waals surface area contributed by atoms with Crippen LogP contribution in [0.2, 0.25) is 0 Å². The van der Waals surface area contributed by atoms with E-state index in [-0.39, 0.29) is 11.9 Å².